The van der Waals surface area contributed by atoms with Gasteiger partial charge in [0.15, 0.2) is 5.82 Å². The standard InChI is InChI=1S/C9H18N6O3/c1-16-5-11-8-13-7(3-18-4-10)14-9(15-8)12-6-17-2/h3-6,10H2,1-2H3,(H2,11,12,13,14,15). The van der Waals surface area contributed by atoms with E-state index in [4.69, 9.17) is 19.9 Å². The molecule has 0 aromatic carbocycles. The van der Waals surface area contributed by atoms with Gasteiger partial charge in [0, 0.05) is 14.2 Å². The van der Waals surface area contributed by atoms with Crippen LogP contribution < -0.4 is 16.4 Å². The summed E-state index contributed by atoms with van der Waals surface area (Å²) in [7, 11) is 3.13. The molecule has 102 valence electrons. The Morgan fingerprint density at radius 1 is 1.00 bits per heavy atom. The van der Waals surface area contributed by atoms with Crippen LogP contribution in [0.25, 0.3) is 0 Å². The highest BCUT2D eigenvalue weighted by molar-refractivity contribution is 5.33. The van der Waals surface area contributed by atoms with Crippen LogP contribution in [0.3, 0.4) is 0 Å². The molecule has 0 atom stereocenters. The largest absolute Gasteiger partial charge is 0.364 e. The maximum atomic E-state index is 5.25. The highest BCUT2D eigenvalue weighted by Crippen LogP contribution is 2.06. The lowest BCUT2D eigenvalue weighted by atomic mass is 10.6. The van der Waals surface area contributed by atoms with Crippen molar-refractivity contribution in [1.29, 1.82) is 0 Å². The van der Waals surface area contributed by atoms with Crippen molar-refractivity contribution < 1.29 is 14.2 Å². The van der Waals surface area contributed by atoms with E-state index < -0.39 is 0 Å². The number of aromatic nitrogens is 3. The lowest BCUT2D eigenvalue weighted by Gasteiger charge is -2.09. The summed E-state index contributed by atoms with van der Waals surface area (Å²) in [6.07, 6.45) is 0. The molecular formula is C9H18N6O3. The zero-order valence-corrected chi connectivity index (χ0v) is 10.5. The number of ether oxygens (including phenoxy) is 3. The Morgan fingerprint density at radius 3 is 2.00 bits per heavy atom. The molecule has 0 amide bonds. The molecule has 4 N–H and O–H groups in total. The molecule has 0 saturated carbocycles. The summed E-state index contributed by atoms with van der Waals surface area (Å²) in [5.41, 5.74) is 5.25. The maximum absolute atomic E-state index is 5.25. The number of hydrogen-bond acceptors (Lipinski definition) is 9. The van der Waals surface area contributed by atoms with E-state index in [2.05, 4.69) is 25.6 Å². The molecular weight excluding hydrogens is 240 g/mol. The first kappa shape index (κ1) is 14.5. The third-order valence-electron chi connectivity index (χ3n) is 1.78. The molecule has 0 unspecified atom stereocenters. The van der Waals surface area contributed by atoms with Gasteiger partial charge in [-0.2, -0.15) is 15.0 Å². The van der Waals surface area contributed by atoms with E-state index in [1.165, 1.54) is 0 Å². The lowest BCUT2D eigenvalue weighted by Crippen LogP contribution is -2.15. The van der Waals surface area contributed by atoms with Crippen LogP contribution in [-0.4, -0.2) is 49.4 Å². The molecule has 0 spiro atoms. The highest BCUT2D eigenvalue weighted by atomic mass is 16.5. The van der Waals surface area contributed by atoms with E-state index in [1.54, 1.807) is 14.2 Å². The van der Waals surface area contributed by atoms with Gasteiger partial charge in [0.25, 0.3) is 0 Å². The third kappa shape index (κ3) is 5.19. The maximum Gasteiger partial charge on any atom is 0.229 e. The molecule has 1 aromatic rings. The summed E-state index contributed by atoms with van der Waals surface area (Å²) in [4.78, 5) is 12.4. The molecule has 0 aliphatic carbocycles. The predicted octanol–water partition coefficient (Wildman–Crippen LogP) is -0.664. The predicted molar refractivity (Wildman–Crippen MR) is 64.7 cm³/mol. The number of methoxy groups -OCH3 is 2. The van der Waals surface area contributed by atoms with Crippen LogP contribution in [-0.2, 0) is 20.8 Å². The van der Waals surface area contributed by atoms with Crippen molar-refractivity contribution in [2.24, 2.45) is 5.73 Å². The van der Waals surface area contributed by atoms with Gasteiger partial charge in [-0.05, 0) is 0 Å². The van der Waals surface area contributed by atoms with Crippen molar-refractivity contribution in [2.75, 3.05) is 45.0 Å². The van der Waals surface area contributed by atoms with Crippen molar-refractivity contribution >= 4 is 11.9 Å². The third-order valence-corrected chi connectivity index (χ3v) is 1.78. The van der Waals surface area contributed by atoms with Crippen molar-refractivity contribution in [3.63, 3.8) is 0 Å². The van der Waals surface area contributed by atoms with Gasteiger partial charge in [-0.25, -0.2) is 0 Å². The average molecular weight is 258 g/mol. The first-order valence-corrected chi connectivity index (χ1v) is 5.28. The molecule has 0 radical (unpaired) electrons. The summed E-state index contributed by atoms with van der Waals surface area (Å²) in [6, 6.07) is 0. The van der Waals surface area contributed by atoms with E-state index in [0.29, 0.717) is 31.2 Å². The molecule has 0 bridgehead atoms. The van der Waals surface area contributed by atoms with E-state index >= 15 is 0 Å². The average Bonchev–Trinajstić information content (AvgIpc) is 2.40. The Bertz CT molecular complexity index is 286. The first-order chi connectivity index (χ1) is 8.80. The van der Waals surface area contributed by atoms with Gasteiger partial charge >= 0.3 is 0 Å². The molecule has 1 aromatic heterocycles. The number of nitrogens with two attached hydrogens (primary N) is 1. The van der Waals surface area contributed by atoms with Gasteiger partial charge in [-0.1, -0.05) is 0 Å². The van der Waals surface area contributed by atoms with Gasteiger partial charge in [-0.3, -0.25) is 0 Å². The van der Waals surface area contributed by atoms with E-state index in [9.17, 15) is 0 Å². The second-order valence-corrected chi connectivity index (χ2v) is 3.13. The van der Waals surface area contributed by atoms with E-state index in [1.807, 2.05) is 0 Å². The van der Waals surface area contributed by atoms with Gasteiger partial charge in [0.2, 0.25) is 11.9 Å². The zero-order chi connectivity index (χ0) is 13.2. The van der Waals surface area contributed by atoms with Crippen molar-refractivity contribution in [1.82, 2.24) is 15.0 Å². The zero-order valence-electron chi connectivity index (χ0n) is 10.5. The van der Waals surface area contributed by atoms with Gasteiger partial charge in [-0.15, -0.1) is 0 Å². The molecule has 0 fully saturated rings. The number of rotatable bonds is 9. The van der Waals surface area contributed by atoms with E-state index in [-0.39, 0.29) is 13.3 Å². The molecule has 1 heterocycles. The van der Waals surface area contributed by atoms with Crippen LogP contribution in [0.1, 0.15) is 5.82 Å². The fourth-order valence-electron chi connectivity index (χ4n) is 1.07. The van der Waals surface area contributed by atoms with Crippen molar-refractivity contribution in [3.05, 3.63) is 5.82 Å². The van der Waals surface area contributed by atoms with Crippen molar-refractivity contribution in [2.45, 2.75) is 6.61 Å². The summed E-state index contributed by atoms with van der Waals surface area (Å²) < 4.78 is 14.8. The minimum Gasteiger partial charge on any atom is -0.364 e. The van der Waals surface area contributed by atoms with Gasteiger partial charge in [0.1, 0.15) is 20.1 Å². The SMILES string of the molecule is COCNc1nc(COCN)nc(NCOC)n1. The first-order valence-electron chi connectivity index (χ1n) is 5.28. The fourth-order valence-corrected chi connectivity index (χ4v) is 1.07. The molecule has 0 saturated heterocycles. The Kier molecular flexibility index (Phi) is 6.87. The summed E-state index contributed by atoms with van der Waals surface area (Å²) >= 11 is 0. The summed E-state index contributed by atoms with van der Waals surface area (Å²) in [5.74, 6) is 1.25. The fraction of sp³-hybridized carbons (Fsp3) is 0.667. The summed E-state index contributed by atoms with van der Waals surface area (Å²) in [6.45, 7) is 0.908. The number of anilines is 2. The normalized spacial score (nSPS) is 10.4. The van der Waals surface area contributed by atoms with Crippen LogP contribution in [0.5, 0.6) is 0 Å². The topological polar surface area (TPSA) is 116 Å². The molecule has 18 heavy (non-hydrogen) atoms. The van der Waals surface area contributed by atoms with Crippen LogP contribution >= 0.6 is 0 Å². The van der Waals surface area contributed by atoms with E-state index in [0.717, 1.165) is 0 Å². The second-order valence-electron chi connectivity index (χ2n) is 3.13. The Labute approximate surface area is 105 Å². The Morgan fingerprint density at radius 2 is 1.56 bits per heavy atom. The molecule has 9 heteroatoms. The minimum atomic E-state index is 0.105. The highest BCUT2D eigenvalue weighted by Gasteiger charge is 2.06. The van der Waals surface area contributed by atoms with Crippen LogP contribution in [0.2, 0.25) is 0 Å². The molecule has 1 rings (SSSR count). The number of nitrogens with one attached hydrogen (secondary N) is 2. The lowest BCUT2D eigenvalue weighted by molar-refractivity contribution is 0.122. The second kappa shape index (κ2) is 8.53. The minimum absolute atomic E-state index is 0.105. The van der Waals surface area contributed by atoms with Crippen LogP contribution in [0.15, 0.2) is 0 Å². The summed E-state index contributed by atoms with van der Waals surface area (Å²) in [5, 5.41) is 5.75. The van der Waals surface area contributed by atoms with Crippen molar-refractivity contribution in [3.8, 4) is 0 Å². The number of hydrogen-bond donors (Lipinski definition) is 3. The smallest absolute Gasteiger partial charge is 0.229 e. The molecule has 0 aliphatic rings. The monoisotopic (exact) mass is 258 g/mol. The van der Waals surface area contributed by atoms with Crippen LogP contribution in [0, 0.1) is 0 Å². The number of nitrogens with zero attached hydrogens (tertiary/aromatic N) is 3. The van der Waals surface area contributed by atoms with Gasteiger partial charge < -0.3 is 30.6 Å². The molecule has 0 aliphatic heterocycles. The quantitative estimate of drug-likeness (QED) is 0.496. The molecule has 9 nitrogen and oxygen atoms in total. The Hall–Kier alpha value is -1.55. The Balaban J connectivity index is 2.74. The van der Waals surface area contributed by atoms with Crippen LogP contribution in [0.4, 0.5) is 11.9 Å². The van der Waals surface area contributed by atoms with Gasteiger partial charge in [0.05, 0.1) is 6.73 Å².